The smallest absolute Gasteiger partial charge is 0.249 e. The van der Waals surface area contributed by atoms with Gasteiger partial charge in [0.1, 0.15) is 6.10 Å². The number of nitrogens with one attached hydrogen (secondary N) is 1. The molecule has 0 fully saturated rings. The molecule has 0 spiro atoms. The fourth-order valence-electron chi connectivity index (χ4n) is 6.11. The van der Waals surface area contributed by atoms with Crippen molar-refractivity contribution >= 4 is 5.91 Å². The van der Waals surface area contributed by atoms with Crippen LogP contribution in [0.15, 0.2) is 24.3 Å². The fourth-order valence-corrected chi connectivity index (χ4v) is 6.11. The van der Waals surface area contributed by atoms with Crippen molar-refractivity contribution in [3.63, 3.8) is 0 Å². The van der Waals surface area contributed by atoms with Crippen molar-refractivity contribution in [1.29, 1.82) is 0 Å². The van der Waals surface area contributed by atoms with Crippen molar-refractivity contribution in [3.05, 3.63) is 24.3 Å². The highest BCUT2D eigenvalue weighted by Crippen LogP contribution is 2.14. The van der Waals surface area contributed by atoms with Gasteiger partial charge in [0.05, 0.1) is 13.2 Å². The van der Waals surface area contributed by atoms with Crippen LogP contribution in [-0.2, 0) is 19.0 Å². The molecule has 0 aromatic carbocycles. The molecule has 49 heavy (non-hydrogen) atoms. The van der Waals surface area contributed by atoms with Gasteiger partial charge in [0, 0.05) is 19.8 Å². The van der Waals surface area contributed by atoms with Gasteiger partial charge in [0.15, 0.2) is 6.10 Å². The maximum absolute atomic E-state index is 12.4. The molecule has 1 amide bonds. The van der Waals surface area contributed by atoms with E-state index in [0.717, 1.165) is 32.2 Å². The van der Waals surface area contributed by atoms with E-state index >= 15 is 0 Å². The summed E-state index contributed by atoms with van der Waals surface area (Å²) in [5, 5.41) is 3.09. The Morgan fingerprint density at radius 1 is 0.531 bits per heavy atom. The first-order chi connectivity index (χ1) is 24.2. The van der Waals surface area contributed by atoms with Gasteiger partial charge in [0.25, 0.3) is 0 Å². The molecule has 0 aliphatic heterocycles. The third-order valence-electron chi connectivity index (χ3n) is 9.34. The summed E-state index contributed by atoms with van der Waals surface area (Å²) < 4.78 is 18.0. The van der Waals surface area contributed by atoms with Crippen LogP contribution in [0.25, 0.3) is 0 Å². The monoisotopic (exact) mass is 693 g/mol. The first kappa shape index (κ1) is 47.8. The number of primary amides is 1. The minimum Gasteiger partial charge on any atom is -0.377 e. The highest BCUT2D eigenvalue weighted by atomic mass is 16.6. The molecule has 6 nitrogen and oxygen atoms in total. The van der Waals surface area contributed by atoms with Crippen LogP contribution < -0.4 is 11.1 Å². The molecule has 0 aliphatic rings. The maximum Gasteiger partial charge on any atom is 0.249 e. The first-order valence-corrected chi connectivity index (χ1v) is 21.2. The second-order valence-corrected chi connectivity index (χ2v) is 14.2. The molecule has 0 rings (SSSR count). The number of likely N-dealkylation sites (N-methyl/N-ethyl adjacent to an activating group) is 1. The predicted molar refractivity (Wildman–Crippen MR) is 212 cm³/mol. The topological polar surface area (TPSA) is 82.8 Å². The van der Waals surface area contributed by atoms with Crippen LogP contribution in [0, 0.1) is 0 Å². The Balaban J connectivity index is 4.04. The van der Waals surface area contributed by atoms with Crippen LogP contribution in [-0.4, -0.2) is 58.1 Å². The standard InChI is InChI=1S/C43H84N2O4/c1-4-6-8-10-12-14-16-18-20-22-24-26-28-30-32-34-37-48-41(40-47-39-36-45-3)42(43(44)46)49-38-35-33-31-29-27-25-23-21-19-17-15-13-11-9-7-5-2/h18-21,41-42,45H,4-17,22-40H2,1-3H3,(H2,44,46). The molecule has 6 heteroatoms. The van der Waals surface area contributed by atoms with Gasteiger partial charge in [-0.2, -0.15) is 0 Å². The molecule has 0 saturated carbocycles. The second-order valence-electron chi connectivity index (χ2n) is 14.2. The summed E-state index contributed by atoms with van der Waals surface area (Å²) in [6, 6.07) is 0. The summed E-state index contributed by atoms with van der Waals surface area (Å²) >= 11 is 0. The summed E-state index contributed by atoms with van der Waals surface area (Å²) in [6.07, 6.45) is 43.9. The van der Waals surface area contributed by atoms with Crippen molar-refractivity contribution in [3.8, 4) is 0 Å². The Kier molecular flexibility index (Phi) is 40.2. The lowest BCUT2D eigenvalue weighted by molar-refractivity contribution is -0.147. The van der Waals surface area contributed by atoms with Gasteiger partial charge in [-0.05, 0) is 71.3 Å². The molecular weight excluding hydrogens is 608 g/mol. The van der Waals surface area contributed by atoms with Crippen molar-refractivity contribution in [2.75, 3.05) is 40.0 Å². The van der Waals surface area contributed by atoms with Crippen LogP contribution >= 0.6 is 0 Å². The van der Waals surface area contributed by atoms with Crippen LogP contribution in [0.3, 0.4) is 0 Å². The van der Waals surface area contributed by atoms with Crippen LogP contribution in [0.4, 0.5) is 0 Å². The van der Waals surface area contributed by atoms with Crippen LogP contribution in [0.5, 0.6) is 0 Å². The molecule has 0 aromatic rings. The van der Waals surface area contributed by atoms with Crippen LogP contribution in [0.1, 0.15) is 194 Å². The molecule has 0 radical (unpaired) electrons. The number of nitrogens with two attached hydrogens (primary N) is 1. The minimum atomic E-state index is -0.771. The Bertz CT molecular complexity index is 714. The molecule has 0 aliphatic carbocycles. The Labute approximate surface area is 305 Å². The van der Waals surface area contributed by atoms with Gasteiger partial charge in [0.2, 0.25) is 5.91 Å². The van der Waals surface area contributed by atoms with Crippen LogP contribution in [0.2, 0.25) is 0 Å². The number of allylic oxidation sites excluding steroid dienone is 4. The van der Waals surface area contributed by atoms with Gasteiger partial charge in [-0.15, -0.1) is 0 Å². The molecule has 0 heterocycles. The average Bonchev–Trinajstić information content (AvgIpc) is 3.10. The lowest BCUT2D eigenvalue weighted by Crippen LogP contribution is -2.45. The summed E-state index contributed by atoms with van der Waals surface area (Å²) in [7, 11) is 1.90. The minimum absolute atomic E-state index is 0.315. The molecule has 2 unspecified atom stereocenters. The van der Waals surface area contributed by atoms with Gasteiger partial charge < -0.3 is 25.3 Å². The number of rotatable bonds is 41. The zero-order valence-electron chi connectivity index (χ0n) is 33.0. The van der Waals surface area contributed by atoms with Crippen molar-refractivity contribution in [2.45, 2.75) is 206 Å². The third kappa shape index (κ3) is 36.4. The fraction of sp³-hybridized carbons (Fsp3) is 0.884. The number of ether oxygens (including phenoxy) is 3. The van der Waals surface area contributed by atoms with Gasteiger partial charge in [-0.1, -0.05) is 154 Å². The lowest BCUT2D eigenvalue weighted by atomic mass is 10.1. The van der Waals surface area contributed by atoms with E-state index in [1.165, 1.54) is 154 Å². The van der Waals surface area contributed by atoms with Gasteiger partial charge in [-0.25, -0.2) is 0 Å². The zero-order chi connectivity index (χ0) is 35.7. The van der Waals surface area contributed by atoms with E-state index in [2.05, 4.69) is 43.5 Å². The van der Waals surface area contributed by atoms with Gasteiger partial charge >= 0.3 is 0 Å². The summed E-state index contributed by atoms with van der Waals surface area (Å²) in [4.78, 5) is 12.4. The Morgan fingerprint density at radius 2 is 0.898 bits per heavy atom. The number of carbonyl (C=O) groups is 1. The molecule has 0 aromatic heterocycles. The van der Waals surface area contributed by atoms with E-state index in [9.17, 15) is 4.79 Å². The largest absolute Gasteiger partial charge is 0.377 e. The number of amides is 1. The zero-order valence-corrected chi connectivity index (χ0v) is 33.0. The van der Waals surface area contributed by atoms with E-state index in [1.54, 1.807) is 0 Å². The quantitative estimate of drug-likeness (QED) is 0.0492. The van der Waals surface area contributed by atoms with Crippen molar-refractivity contribution in [2.24, 2.45) is 5.73 Å². The van der Waals surface area contributed by atoms with E-state index in [4.69, 9.17) is 19.9 Å². The van der Waals surface area contributed by atoms with Gasteiger partial charge in [-0.3, -0.25) is 4.79 Å². The number of unbranched alkanes of at least 4 members (excludes halogenated alkanes) is 24. The van der Waals surface area contributed by atoms with E-state index in [-0.39, 0.29) is 0 Å². The first-order valence-electron chi connectivity index (χ1n) is 21.2. The predicted octanol–water partition coefficient (Wildman–Crippen LogP) is 11.6. The normalized spacial score (nSPS) is 13.2. The summed E-state index contributed by atoms with van der Waals surface area (Å²) in [5.41, 5.74) is 5.78. The highest BCUT2D eigenvalue weighted by molar-refractivity contribution is 5.79. The van der Waals surface area contributed by atoms with E-state index in [0.29, 0.717) is 26.4 Å². The number of hydrogen-bond donors (Lipinski definition) is 2. The lowest BCUT2D eigenvalue weighted by Gasteiger charge is -2.25. The Hall–Kier alpha value is -1.21. The molecular formula is C43H84N2O4. The Morgan fingerprint density at radius 3 is 1.29 bits per heavy atom. The maximum atomic E-state index is 12.4. The molecule has 0 bridgehead atoms. The second kappa shape index (κ2) is 41.2. The van der Waals surface area contributed by atoms with Crippen molar-refractivity contribution < 1.29 is 19.0 Å². The summed E-state index contributed by atoms with van der Waals surface area (Å²) in [6.45, 7) is 7.30. The van der Waals surface area contributed by atoms with E-state index in [1.807, 2.05) is 7.05 Å². The number of hydrogen-bond acceptors (Lipinski definition) is 5. The molecule has 0 saturated heterocycles. The molecule has 2 atom stereocenters. The molecule has 3 N–H and O–H groups in total. The highest BCUT2D eigenvalue weighted by Gasteiger charge is 2.28. The van der Waals surface area contributed by atoms with Crippen molar-refractivity contribution in [1.82, 2.24) is 5.32 Å². The third-order valence-corrected chi connectivity index (χ3v) is 9.34. The molecule has 290 valence electrons. The SMILES string of the molecule is CCCCCCCCC=CCCCCCCCCOC(COCCNC)C(OCCCCCCCCC=CCCCCCCCC)C(N)=O. The van der Waals surface area contributed by atoms with E-state index < -0.39 is 18.1 Å². The average molecular weight is 693 g/mol. The summed E-state index contributed by atoms with van der Waals surface area (Å²) in [5.74, 6) is -0.465. The number of carbonyl (C=O) groups excluding carboxylic acids is 1.